The fraction of sp³-hybridized carbons (Fsp3) is 0.286. The summed E-state index contributed by atoms with van der Waals surface area (Å²) < 4.78 is 5.43. The van der Waals surface area contributed by atoms with E-state index in [1.807, 2.05) is 6.92 Å². The van der Waals surface area contributed by atoms with Gasteiger partial charge in [-0.15, -0.1) is 0 Å². The van der Waals surface area contributed by atoms with Gasteiger partial charge in [0.05, 0.1) is 6.61 Å². The van der Waals surface area contributed by atoms with Crippen LogP contribution in [0, 0.1) is 11.3 Å². The van der Waals surface area contributed by atoms with Crippen LogP contribution in [0.5, 0.6) is 5.75 Å². The number of carbonyl (C=O) groups is 1. The van der Waals surface area contributed by atoms with Gasteiger partial charge in [0.2, 0.25) is 0 Å². The maximum absolute atomic E-state index is 10.8. The lowest BCUT2D eigenvalue weighted by Gasteiger charge is -2.06. The SMILES string of the molecule is CCCOc1ccc(/C(C)=C(\C#N)C(=O)O)cc1. The Labute approximate surface area is 106 Å². The summed E-state index contributed by atoms with van der Waals surface area (Å²) in [7, 11) is 0. The number of hydrogen-bond acceptors (Lipinski definition) is 3. The molecule has 1 aromatic rings. The molecule has 0 aliphatic heterocycles. The summed E-state index contributed by atoms with van der Waals surface area (Å²) in [6.07, 6.45) is 0.929. The molecule has 4 nitrogen and oxygen atoms in total. The van der Waals surface area contributed by atoms with Crippen LogP contribution in [-0.4, -0.2) is 17.7 Å². The Morgan fingerprint density at radius 1 is 1.39 bits per heavy atom. The molecule has 94 valence electrons. The van der Waals surface area contributed by atoms with E-state index >= 15 is 0 Å². The largest absolute Gasteiger partial charge is 0.494 e. The predicted octanol–water partition coefficient (Wildman–Crippen LogP) is 2.86. The zero-order valence-corrected chi connectivity index (χ0v) is 10.4. The number of allylic oxidation sites excluding steroid dienone is 1. The van der Waals surface area contributed by atoms with Crippen LogP contribution in [0.1, 0.15) is 25.8 Å². The lowest BCUT2D eigenvalue weighted by Crippen LogP contribution is -2.01. The van der Waals surface area contributed by atoms with E-state index in [0.717, 1.165) is 12.2 Å². The number of ether oxygens (including phenoxy) is 1. The van der Waals surface area contributed by atoms with Crippen molar-refractivity contribution in [3.63, 3.8) is 0 Å². The van der Waals surface area contributed by atoms with Crippen LogP contribution in [0.15, 0.2) is 29.8 Å². The lowest BCUT2D eigenvalue weighted by molar-refractivity contribution is -0.132. The van der Waals surface area contributed by atoms with Gasteiger partial charge in [-0.05, 0) is 36.6 Å². The molecule has 0 spiro atoms. The van der Waals surface area contributed by atoms with E-state index in [0.29, 0.717) is 17.7 Å². The smallest absolute Gasteiger partial charge is 0.346 e. The van der Waals surface area contributed by atoms with Crippen molar-refractivity contribution >= 4 is 11.5 Å². The van der Waals surface area contributed by atoms with Crippen LogP contribution in [0.3, 0.4) is 0 Å². The summed E-state index contributed by atoms with van der Waals surface area (Å²) in [5.41, 5.74) is 0.919. The quantitative estimate of drug-likeness (QED) is 0.639. The Morgan fingerprint density at radius 3 is 2.44 bits per heavy atom. The molecule has 0 saturated heterocycles. The Morgan fingerprint density at radius 2 is 2.00 bits per heavy atom. The van der Waals surface area contributed by atoms with Gasteiger partial charge in [-0.1, -0.05) is 19.1 Å². The van der Waals surface area contributed by atoms with Crippen LogP contribution in [0.4, 0.5) is 0 Å². The number of nitriles is 1. The normalized spacial score (nSPS) is 11.4. The molecule has 1 N–H and O–H groups in total. The van der Waals surface area contributed by atoms with E-state index in [9.17, 15) is 4.79 Å². The Kier molecular flexibility index (Phi) is 4.94. The lowest BCUT2D eigenvalue weighted by atomic mass is 10.0. The summed E-state index contributed by atoms with van der Waals surface area (Å²) in [5, 5.41) is 17.7. The monoisotopic (exact) mass is 245 g/mol. The summed E-state index contributed by atoms with van der Waals surface area (Å²) in [4.78, 5) is 10.8. The summed E-state index contributed by atoms with van der Waals surface area (Å²) in [6, 6.07) is 8.74. The summed E-state index contributed by atoms with van der Waals surface area (Å²) in [5.74, 6) is -0.469. The van der Waals surface area contributed by atoms with Gasteiger partial charge in [-0.2, -0.15) is 5.26 Å². The molecule has 0 saturated carbocycles. The predicted molar refractivity (Wildman–Crippen MR) is 68.1 cm³/mol. The second-order valence-electron chi connectivity index (χ2n) is 3.79. The van der Waals surface area contributed by atoms with Crippen molar-refractivity contribution in [2.45, 2.75) is 20.3 Å². The first-order valence-electron chi connectivity index (χ1n) is 5.67. The third kappa shape index (κ3) is 3.36. The van der Waals surface area contributed by atoms with Crippen molar-refractivity contribution in [3.05, 3.63) is 35.4 Å². The van der Waals surface area contributed by atoms with Gasteiger partial charge in [-0.25, -0.2) is 4.79 Å². The van der Waals surface area contributed by atoms with Crippen LogP contribution in [-0.2, 0) is 4.79 Å². The van der Waals surface area contributed by atoms with Crippen molar-refractivity contribution in [1.29, 1.82) is 5.26 Å². The molecule has 0 unspecified atom stereocenters. The van der Waals surface area contributed by atoms with Crippen LogP contribution < -0.4 is 4.74 Å². The zero-order valence-electron chi connectivity index (χ0n) is 10.4. The van der Waals surface area contributed by atoms with E-state index in [2.05, 4.69) is 0 Å². The third-order valence-corrected chi connectivity index (χ3v) is 2.46. The molecule has 0 amide bonds. The first kappa shape index (κ1) is 13.8. The first-order valence-corrected chi connectivity index (χ1v) is 5.67. The van der Waals surface area contributed by atoms with Gasteiger partial charge in [0.25, 0.3) is 0 Å². The van der Waals surface area contributed by atoms with Gasteiger partial charge in [0.15, 0.2) is 0 Å². The maximum Gasteiger partial charge on any atom is 0.346 e. The number of nitrogens with zero attached hydrogens (tertiary/aromatic N) is 1. The minimum atomic E-state index is -1.21. The number of aliphatic carboxylic acids is 1. The average molecular weight is 245 g/mol. The Hall–Kier alpha value is -2.28. The molecule has 0 fully saturated rings. The molecule has 0 aliphatic carbocycles. The van der Waals surface area contributed by atoms with Crippen LogP contribution in [0.25, 0.3) is 5.57 Å². The van der Waals surface area contributed by atoms with E-state index in [4.69, 9.17) is 15.1 Å². The number of rotatable bonds is 5. The van der Waals surface area contributed by atoms with E-state index in [1.54, 1.807) is 37.3 Å². The molecule has 4 heteroatoms. The van der Waals surface area contributed by atoms with Crippen molar-refractivity contribution < 1.29 is 14.6 Å². The molecular weight excluding hydrogens is 230 g/mol. The minimum Gasteiger partial charge on any atom is -0.494 e. The maximum atomic E-state index is 10.8. The molecule has 0 bridgehead atoms. The van der Waals surface area contributed by atoms with Crippen LogP contribution >= 0.6 is 0 Å². The van der Waals surface area contributed by atoms with Gasteiger partial charge in [0.1, 0.15) is 17.4 Å². The van der Waals surface area contributed by atoms with E-state index < -0.39 is 5.97 Å². The molecule has 0 heterocycles. The highest BCUT2D eigenvalue weighted by Crippen LogP contribution is 2.21. The number of benzene rings is 1. The van der Waals surface area contributed by atoms with Gasteiger partial charge < -0.3 is 9.84 Å². The van der Waals surface area contributed by atoms with Gasteiger partial charge in [-0.3, -0.25) is 0 Å². The molecule has 1 rings (SSSR count). The molecule has 0 aliphatic rings. The van der Waals surface area contributed by atoms with E-state index in [1.165, 1.54) is 0 Å². The number of hydrogen-bond donors (Lipinski definition) is 1. The van der Waals surface area contributed by atoms with Crippen molar-refractivity contribution in [3.8, 4) is 11.8 Å². The van der Waals surface area contributed by atoms with Gasteiger partial charge in [0, 0.05) is 0 Å². The van der Waals surface area contributed by atoms with E-state index in [-0.39, 0.29) is 5.57 Å². The highest BCUT2D eigenvalue weighted by molar-refractivity contribution is 6.00. The van der Waals surface area contributed by atoms with Crippen LogP contribution in [0.2, 0.25) is 0 Å². The molecule has 1 aromatic carbocycles. The second kappa shape index (κ2) is 6.45. The number of carboxylic acids is 1. The average Bonchev–Trinajstić information content (AvgIpc) is 2.37. The van der Waals surface area contributed by atoms with Crippen molar-refractivity contribution in [2.75, 3.05) is 6.61 Å². The Bertz CT molecular complexity index is 495. The molecule has 0 aromatic heterocycles. The molecule has 0 radical (unpaired) electrons. The fourth-order valence-electron chi connectivity index (χ4n) is 1.46. The zero-order chi connectivity index (χ0) is 13.5. The minimum absolute atomic E-state index is 0.239. The highest BCUT2D eigenvalue weighted by atomic mass is 16.5. The van der Waals surface area contributed by atoms with Crippen molar-refractivity contribution in [2.24, 2.45) is 0 Å². The topological polar surface area (TPSA) is 70.3 Å². The summed E-state index contributed by atoms with van der Waals surface area (Å²) in [6.45, 7) is 4.29. The van der Waals surface area contributed by atoms with Gasteiger partial charge >= 0.3 is 5.97 Å². The molecule has 18 heavy (non-hydrogen) atoms. The summed E-state index contributed by atoms with van der Waals surface area (Å²) >= 11 is 0. The first-order chi connectivity index (χ1) is 8.60. The van der Waals surface area contributed by atoms with Crippen molar-refractivity contribution in [1.82, 2.24) is 0 Å². The molecule has 0 atom stereocenters. The third-order valence-electron chi connectivity index (χ3n) is 2.46. The number of carboxylic acid groups (broad SMARTS) is 1. The Balaban J connectivity index is 2.98. The standard InChI is InChI=1S/C14H15NO3/c1-3-8-18-12-6-4-11(5-7-12)10(2)13(9-15)14(16)17/h4-7H,3,8H2,1-2H3,(H,16,17)/b13-10+. The fourth-order valence-corrected chi connectivity index (χ4v) is 1.46. The second-order valence-corrected chi connectivity index (χ2v) is 3.79. The highest BCUT2D eigenvalue weighted by Gasteiger charge is 2.11. The molecular formula is C14H15NO3.